The topological polar surface area (TPSA) is 108 Å². The van der Waals surface area contributed by atoms with Crippen molar-refractivity contribution in [1.29, 1.82) is 0 Å². The van der Waals surface area contributed by atoms with Gasteiger partial charge in [0.1, 0.15) is 5.60 Å². The van der Waals surface area contributed by atoms with E-state index >= 15 is 0 Å². The Morgan fingerprint density at radius 1 is 1.16 bits per heavy atom. The molecular weight excluding hydrogens is 402 g/mol. The van der Waals surface area contributed by atoms with Crippen LogP contribution in [0, 0.1) is 0 Å². The number of piperazine rings is 1. The van der Waals surface area contributed by atoms with Gasteiger partial charge < -0.3 is 14.2 Å². The maximum Gasteiger partial charge on any atom is 0.410 e. The quantitative estimate of drug-likeness (QED) is 0.798. The molecule has 2 aliphatic rings. The molecule has 2 aliphatic heterocycles. The summed E-state index contributed by atoms with van der Waals surface area (Å²) in [5.41, 5.74) is 1.13. The molecule has 0 bridgehead atoms. The Balaban J connectivity index is 1.41. The average Bonchev–Trinajstić information content (AvgIpc) is 3.10. The molecule has 4 amide bonds. The minimum absolute atomic E-state index is 0.224. The highest BCUT2D eigenvalue weighted by Gasteiger charge is 2.29. The molecule has 1 aromatic heterocycles. The van der Waals surface area contributed by atoms with E-state index in [1.165, 1.54) is 4.90 Å². The lowest BCUT2D eigenvalue weighted by Gasteiger charge is -2.35. The van der Waals surface area contributed by atoms with Gasteiger partial charge in [-0.15, -0.1) is 0 Å². The summed E-state index contributed by atoms with van der Waals surface area (Å²) in [6.07, 6.45) is -0.0530. The van der Waals surface area contributed by atoms with Gasteiger partial charge in [-0.05, 0) is 38.5 Å². The van der Waals surface area contributed by atoms with Crippen LogP contribution >= 0.6 is 0 Å². The molecule has 1 N–H and O–H groups in total. The van der Waals surface area contributed by atoms with Crippen LogP contribution in [-0.4, -0.2) is 71.3 Å². The van der Waals surface area contributed by atoms with Crippen molar-refractivity contribution >= 4 is 34.8 Å². The Hall–Kier alpha value is -3.14. The Morgan fingerprint density at radius 2 is 1.90 bits per heavy atom. The molecule has 2 saturated heterocycles. The van der Waals surface area contributed by atoms with Crippen LogP contribution in [0.5, 0.6) is 0 Å². The van der Waals surface area contributed by atoms with Crippen molar-refractivity contribution < 1.29 is 23.6 Å². The molecule has 2 fully saturated rings. The predicted molar refractivity (Wildman–Crippen MR) is 113 cm³/mol. The lowest BCUT2D eigenvalue weighted by Crippen LogP contribution is -2.49. The molecule has 0 aliphatic carbocycles. The standard InChI is InChI=1S/C21H27N5O5/c1-21(2,3)30-20(29)25-10-8-24(9-11-25)13-14-4-5-16-15(12-14)18(23-31-16)26-7-6-17(27)22-19(26)28/h4-5,12H,6-11,13H2,1-3H3,(H,22,27,28). The van der Waals surface area contributed by atoms with Crippen molar-refractivity contribution in [2.24, 2.45) is 0 Å². The Bertz CT molecular complexity index is 1000. The van der Waals surface area contributed by atoms with Crippen LogP contribution in [0.15, 0.2) is 22.7 Å². The monoisotopic (exact) mass is 429 g/mol. The molecular formula is C21H27N5O5. The number of carbonyl (C=O) groups excluding carboxylic acids is 3. The van der Waals surface area contributed by atoms with Gasteiger partial charge in [0.05, 0.1) is 5.39 Å². The first kappa shape index (κ1) is 21.1. The number of imide groups is 1. The maximum absolute atomic E-state index is 12.2. The third kappa shape index (κ3) is 4.79. The number of aromatic nitrogens is 1. The van der Waals surface area contributed by atoms with Crippen LogP contribution in [0.2, 0.25) is 0 Å². The molecule has 3 heterocycles. The van der Waals surface area contributed by atoms with Crippen LogP contribution in [-0.2, 0) is 16.1 Å². The highest BCUT2D eigenvalue weighted by Crippen LogP contribution is 2.28. The molecule has 0 unspecified atom stereocenters. The highest BCUT2D eigenvalue weighted by molar-refractivity contribution is 6.08. The number of fused-ring (bicyclic) bond motifs is 1. The number of carbonyl (C=O) groups is 3. The molecule has 0 saturated carbocycles. The first-order valence-electron chi connectivity index (χ1n) is 10.4. The number of ether oxygens (including phenoxy) is 1. The van der Waals surface area contributed by atoms with Crippen molar-refractivity contribution in [2.75, 3.05) is 37.6 Å². The molecule has 0 spiro atoms. The second kappa shape index (κ2) is 8.18. The first-order valence-corrected chi connectivity index (χ1v) is 10.4. The zero-order valence-electron chi connectivity index (χ0n) is 18.0. The second-order valence-corrected chi connectivity index (χ2v) is 8.84. The summed E-state index contributed by atoms with van der Waals surface area (Å²) in [5, 5.41) is 7.08. The van der Waals surface area contributed by atoms with Crippen LogP contribution in [0.25, 0.3) is 11.0 Å². The fourth-order valence-corrected chi connectivity index (χ4v) is 3.71. The largest absolute Gasteiger partial charge is 0.444 e. The number of amides is 4. The zero-order valence-corrected chi connectivity index (χ0v) is 18.0. The molecule has 4 rings (SSSR count). The number of nitrogens with zero attached hydrogens (tertiary/aromatic N) is 4. The molecule has 0 radical (unpaired) electrons. The molecule has 31 heavy (non-hydrogen) atoms. The van der Waals surface area contributed by atoms with E-state index < -0.39 is 11.6 Å². The van der Waals surface area contributed by atoms with Crippen molar-refractivity contribution in [1.82, 2.24) is 20.3 Å². The third-order valence-corrected chi connectivity index (χ3v) is 5.26. The van der Waals surface area contributed by atoms with E-state index in [1.54, 1.807) is 4.90 Å². The van der Waals surface area contributed by atoms with Gasteiger partial charge >= 0.3 is 12.1 Å². The fourth-order valence-electron chi connectivity index (χ4n) is 3.71. The number of hydrogen-bond acceptors (Lipinski definition) is 7. The third-order valence-electron chi connectivity index (χ3n) is 5.26. The Kier molecular flexibility index (Phi) is 5.57. The minimum atomic E-state index is -0.501. The van der Waals surface area contributed by atoms with Gasteiger partial charge in [-0.2, -0.15) is 0 Å². The van der Waals surface area contributed by atoms with Crippen LogP contribution in [0.1, 0.15) is 32.8 Å². The number of hydrogen-bond donors (Lipinski definition) is 1. The van der Waals surface area contributed by atoms with Crippen LogP contribution in [0.4, 0.5) is 15.4 Å². The van der Waals surface area contributed by atoms with Gasteiger partial charge in [0, 0.05) is 45.7 Å². The van der Waals surface area contributed by atoms with Gasteiger partial charge in [0.2, 0.25) is 5.91 Å². The van der Waals surface area contributed by atoms with Gasteiger partial charge in [-0.1, -0.05) is 11.2 Å². The number of rotatable bonds is 3. The Labute approximate surface area is 180 Å². The van der Waals surface area contributed by atoms with Crippen molar-refractivity contribution in [3.8, 4) is 0 Å². The normalized spacial score (nSPS) is 18.4. The minimum Gasteiger partial charge on any atom is -0.444 e. The molecule has 166 valence electrons. The van der Waals surface area contributed by atoms with Gasteiger partial charge in [-0.25, -0.2) is 9.59 Å². The van der Waals surface area contributed by atoms with E-state index in [0.717, 1.165) is 24.0 Å². The summed E-state index contributed by atoms with van der Waals surface area (Å²) in [7, 11) is 0. The van der Waals surface area contributed by atoms with E-state index in [-0.39, 0.29) is 25.0 Å². The van der Waals surface area contributed by atoms with Gasteiger partial charge in [0.25, 0.3) is 0 Å². The van der Waals surface area contributed by atoms with Crippen LogP contribution < -0.4 is 10.2 Å². The van der Waals surface area contributed by atoms with E-state index in [0.29, 0.717) is 31.0 Å². The predicted octanol–water partition coefficient (Wildman–Crippen LogP) is 2.33. The van der Waals surface area contributed by atoms with E-state index in [2.05, 4.69) is 15.4 Å². The van der Waals surface area contributed by atoms with E-state index in [1.807, 2.05) is 39.0 Å². The van der Waals surface area contributed by atoms with E-state index in [4.69, 9.17) is 9.26 Å². The first-order chi connectivity index (χ1) is 14.7. The zero-order chi connectivity index (χ0) is 22.2. The summed E-state index contributed by atoms with van der Waals surface area (Å²) < 4.78 is 10.8. The van der Waals surface area contributed by atoms with E-state index in [9.17, 15) is 14.4 Å². The van der Waals surface area contributed by atoms with Crippen molar-refractivity contribution in [3.05, 3.63) is 23.8 Å². The molecule has 0 atom stereocenters. The average molecular weight is 429 g/mol. The number of anilines is 1. The smallest absolute Gasteiger partial charge is 0.410 e. The molecule has 10 heteroatoms. The number of urea groups is 1. The second-order valence-electron chi connectivity index (χ2n) is 8.84. The Morgan fingerprint density at radius 3 is 2.58 bits per heavy atom. The van der Waals surface area contributed by atoms with Crippen molar-refractivity contribution in [3.63, 3.8) is 0 Å². The summed E-state index contributed by atoms with van der Waals surface area (Å²) in [6.45, 7) is 9.26. The van der Waals surface area contributed by atoms with Gasteiger partial charge in [-0.3, -0.25) is 19.9 Å². The van der Waals surface area contributed by atoms with Crippen molar-refractivity contribution in [2.45, 2.75) is 39.3 Å². The van der Waals surface area contributed by atoms with Gasteiger partial charge in [0.15, 0.2) is 11.4 Å². The number of benzene rings is 1. The highest BCUT2D eigenvalue weighted by atomic mass is 16.6. The molecule has 1 aromatic carbocycles. The molecule has 2 aromatic rings. The number of nitrogens with one attached hydrogen (secondary N) is 1. The summed E-state index contributed by atoms with van der Waals surface area (Å²) in [6, 6.07) is 5.28. The summed E-state index contributed by atoms with van der Waals surface area (Å²) in [5.74, 6) is 0.122. The lowest BCUT2D eigenvalue weighted by molar-refractivity contribution is -0.120. The lowest BCUT2D eigenvalue weighted by atomic mass is 10.1. The SMILES string of the molecule is CC(C)(C)OC(=O)N1CCN(Cc2ccc3onc(N4CCC(=O)NC4=O)c3c2)CC1. The van der Waals surface area contributed by atoms with Crippen LogP contribution in [0.3, 0.4) is 0 Å². The fraction of sp³-hybridized carbons (Fsp3) is 0.524. The summed E-state index contributed by atoms with van der Waals surface area (Å²) in [4.78, 5) is 41.3. The summed E-state index contributed by atoms with van der Waals surface area (Å²) >= 11 is 0. The maximum atomic E-state index is 12.2. The molecule has 10 nitrogen and oxygen atoms in total.